The number of carbonyl (C=O) groups is 1. The molecule has 0 bridgehead atoms. The smallest absolute Gasteiger partial charge is 0.496 e. The number of ether oxygens (including phenoxy) is 3. The fourth-order valence-electron chi connectivity index (χ4n) is 1.92. The molecule has 1 atom stereocenters. The number of hydrogen-bond acceptors (Lipinski definition) is 5. The van der Waals surface area contributed by atoms with E-state index in [0.717, 1.165) is 12.1 Å². The molecule has 0 aliphatic carbocycles. The van der Waals surface area contributed by atoms with Crippen LogP contribution in [0.5, 0.6) is 11.5 Å². The first-order chi connectivity index (χ1) is 10.0. The zero-order valence-electron chi connectivity index (χ0n) is 12.7. The van der Waals surface area contributed by atoms with Crippen LogP contribution in [0.2, 0.25) is 0 Å². The highest BCUT2D eigenvalue weighted by molar-refractivity contribution is 5.77. The quantitative estimate of drug-likeness (QED) is 0.845. The van der Waals surface area contributed by atoms with Crippen molar-refractivity contribution >= 4 is 5.97 Å². The van der Waals surface area contributed by atoms with Crippen molar-refractivity contribution in [3.63, 3.8) is 0 Å². The Balaban J connectivity index is 3.17. The van der Waals surface area contributed by atoms with Crippen molar-refractivity contribution in [1.82, 2.24) is 0 Å². The maximum Gasteiger partial charge on any atom is 0.573 e. The van der Waals surface area contributed by atoms with Gasteiger partial charge in [-0.1, -0.05) is 6.07 Å². The van der Waals surface area contributed by atoms with E-state index in [-0.39, 0.29) is 5.75 Å². The summed E-state index contributed by atoms with van der Waals surface area (Å²) in [7, 11) is 2.52. The van der Waals surface area contributed by atoms with Gasteiger partial charge in [0.25, 0.3) is 0 Å². The minimum atomic E-state index is -4.81. The first-order valence-corrected chi connectivity index (χ1v) is 6.30. The number of halogens is 3. The first kappa shape index (κ1) is 18.1. The lowest BCUT2D eigenvalue weighted by atomic mass is 9.80. The lowest BCUT2D eigenvalue weighted by molar-refractivity contribution is -0.274. The van der Waals surface area contributed by atoms with E-state index in [1.54, 1.807) is 13.8 Å². The molecular formula is C14H18F3NO4. The van der Waals surface area contributed by atoms with Gasteiger partial charge in [0.2, 0.25) is 0 Å². The van der Waals surface area contributed by atoms with Crippen molar-refractivity contribution in [2.75, 3.05) is 14.2 Å². The van der Waals surface area contributed by atoms with Crippen molar-refractivity contribution in [3.05, 3.63) is 23.8 Å². The van der Waals surface area contributed by atoms with Crippen molar-refractivity contribution < 1.29 is 32.2 Å². The van der Waals surface area contributed by atoms with E-state index >= 15 is 0 Å². The number of rotatable bonds is 5. The van der Waals surface area contributed by atoms with Crippen LogP contribution in [-0.4, -0.2) is 26.6 Å². The van der Waals surface area contributed by atoms with Crippen LogP contribution in [0.4, 0.5) is 13.2 Å². The summed E-state index contributed by atoms with van der Waals surface area (Å²) >= 11 is 0. The molecule has 0 amide bonds. The molecule has 1 aromatic rings. The molecule has 1 rings (SSSR count). The topological polar surface area (TPSA) is 70.8 Å². The van der Waals surface area contributed by atoms with Crippen LogP contribution in [0.15, 0.2) is 18.2 Å². The molecule has 124 valence electrons. The van der Waals surface area contributed by atoms with E-state index in [1.807, 2.05) is 0 Å². The SMILES string of the molecule is COC(=O)C(C)(C)[C@H](N)c1ccc(OC(F)(F)F)cc1OC. The normalized spacial score (nSPS) is 13.5. The molecule has 1 aromatic carbocycles. The van der Waals surface area contributed by atoms with Gasteiger partial charge in [0, 0.05) is 17.7 Å². The maximum atomic E-state index is 12.2. The third kappa shape index (κ3) is 4.03. The summed E-state index contributed by atoms with van der Waals surface area (Å²) in [6.07, 6.45) is -4.81. The fourth-order valence-corrected chi connectivity index (χ4v) is 1.92. The molecular weight excluding hydrogens is 303 g/mol. The van der Waals surface area contributed by atoms with Crippen LogP contribution in [0.25, 0.3) is 0 Å². The summed E-state index contributed by atoms with van der Waals surface area (Å²) in [5.74, 6) is -0.889. The predicted molar refractivity (Wildman–Crippen MR) is 72.4 cm³/mol. The van der Waals surface area contributed by atoms with Crippen molar-refractivity contribution in [3.8, 4) is 11.5 Å². The molecule has 0 heterocycles. The van der Waals surface area contributed by atoms with Gasteiger partial charge in [0.15, 0.2) is 0 Å². The van der Waals surface area contributed by atoms with Gasteiger partial charge in [-0.25, -0.2) is 0 Å². The Morgan fingerprint density at radius 3 is 2.27 bits per heavy atom. The van der Waals surface area contributed by atoms with E-state index in [4.69, 9.17) is 10.5 Å². The van der Waals surface area contributed by atoms with Crippen molar-refractivity contribution in [2.45, 2.75) is 26.3 Å². The van der Waals surface area contributed by atoms with Gasteiger partial charge in [-0.05, 0) is 19.9 Å². The van der Waals surface area contributed by atoms with E-state index in [0.29, 0.717) is 5.56 Å². The summed E-state index contributed by atoms with van der Waals surface area (Å²) in [6, 6.07) is 2.67. The molecule has 5 nitrogen and oxygen atoms in total. The summed E-state index contributed by atoms with van der Waals surface area (Å²) in [6.45, 7) is 3.14. The summed E-state index contributed by atoms with van der Waals surface area (Å²) < 4.78 is 50.2. The molecule has 0 unspecified atom stereocenters. The zero-order valence-corrected chi connectivity index (χ0v) is 12.7. The minimum Gasteiger partial charge on any atom is -0.496 e. The van der Waals surface area contributed by atoms with Gasteiger partial charge in [0.05, 0.1) is 19.6 Å². The highest BCUT2D eigenvalue weighted by Crippen LogP contribution is 2.39. The van der Waals surface area contributed by atoms with Crippen LogP contribution >= 0.6 is 0 Å². The molecule has 0 saturated carbocycles. The van der Waals surface area contributed by atoms with E-state index in [1.165, 1.54) is 20.3 Å². The van der Waals surface area contributed by atoms with Crippen LogP contribution in [0, 0.1) is 5.41 Å². The van der Waals surface area contributed by atoms with Crippen molar-refractivity contribution in [2.24, 2.45) is 11.1 Å². The number of esters is 1. The van der Waals surface area contributed by atoms with Crippen LogP contribution < -0.4 is 15.2 Å². The van der Waals surface area contributed by atoms with Gasteiger partial charge in [-0.2, -0.15) is 0 Å². The van der Waals surface area contributed by atoms with Gasteiger partial charge in [-0.15, -0.1) is 13.2 Å². The van der Waals surface area contributed by atoms with Gasteiger partial charge >= 0.3 is 12.3 Å². The predicted octanol–water partition coefficient (Wildman–Crippen LogP) is 2.79. The standard InChI is InChI=1S/C14H18F3NO4/c1-13(2,12(19)21-4)11(18)9-6-5-8(7-10(9)20-3)22-14(15,16)17/h5-7,11H,18H2,1-4H3/t11-/m1/s1. The summed E-state index contributed by atoms with van der Waals surface area (Å²) in [5, 5.41) is 0. The Hall–Kier alpha value is -1.96. The zero-order chi connectivity index (χ0) is 17.1. The van der Waals surface area contributed by atoms with Gasteiger partial charge in [0.1, 0.15) is 11.5 Å². The highest BCUT2D eigenvalue weighted by atomic mass is 19.4. The number of methoxy groups -OCH3 is 2. The maximum absolute atomic E-state index is 12.2. The van der Waals surface area contributed by atoms with E-state index in [2.05, 4.69) is 9.47 Å². The summed E-state index contributed by atoms with van der Waals surface area (Å²) in [4.78, 5) is 11.8. The second-order valence-electron chi connectivity index (χ2n) is 5.14. The fraction of sp³-hybridized carbons (Fsp3) is 0.500. The molecule has 0 saturated heterocycles. The second-order valence-corrected chi connectivity index (χ2v) is 5.14. The third-order valence-corrected chi connectivity index (χ3v) is 3.26. The Morgan fingerprint density at radius 2 is 1.82 bits per heavy atom. The average molecular weight is 321 g/mol. The molecule has 0 aromatic heterocycles. The Labute approximate surface area is 126 Å². The molecule has 22 heavy (non-hydrogen) atoms. The monoisotopic (exact) mass is 321 g/mol. The number of hydrogen-bond donors (Lipinski definition) is 1. The lowest BCUT2D eigenvalue weighted by Crippen LogP contribution is -2.37. The molecule has 2 N–H and O–H groups in total. The number of alkyl halides is 3. The Kier molecular flexibility index (Phi) is 5.29. The summed E-state index contributed by atoms with van der Waals surface area (Å²) in [5.41, 5.74) is 5.34. The van der Waals surface area contributed by atoms with Crippen LogP contribution in [0.1, 0.15) is 25.5 Å². The van der Waals surface area contributed by atoms with Gasteiger partial charge in [-0.3, -0.25) is 4.79 Å². The molecule has 0 radical (unpaired) electrons. The average Bonchev–Trinajstić information content (AvgIpc) is 2.43. The number of carbonyl (C=O) groups excluding carboxylic acids is 1. The van der Waals surface area contributed by atoms with E-state index < -0.39 is 29.5 Å². The minimum absolute atomic E-state index is 0.0891. The number of nitrogens with two attached hydrogens (primary N) is 1. The highest BCUT2D eigenvalue weighted by Gasteiger charge is 2.38. The van der Waals surface area contributed by atoms with Crippen LogP contribution in [0.3, 0.4) is 0 Å². The lowest BCUT2D eigenvalue weighted by Gasteiger charge is -2.30. The number of benzene rings is 1. The molecule has 0 aliphatic heterocycles. The second kappa shape index (κ2) is 6.43. The van der Waals surface area contributed by atoms with Crippen LogP contribution in [-0.2, 0) is 9.53 Å². The molecule has 0 spiro atoms. The molecule has 8 heteroatoms. The molecule has 0 aliphatic rings. The van der Waals surface area contributed by atoms with Crippen molar-refractivity contribution in [1.29, 1.82) is 0 Å². The Bertz CT molecular complexity index is 543. The van der Waals surface area contributed by atoms with E-state index in [9.17, 15) is 18.0 Å². The largest absolute Gasteiger partial charge is 0.573 e. The van der Waals surface area contributed by atoms with Gasteiger partial charge < -0.3 is 19.9 Å². The first-order valence-electron chi connectivity index (χ1n) is 6.30. The third-order valence-electron chi connectivity index (χ3n) is 3.26. The molecule has 0 fully saturated rings. The Morgan fingerprint density at radius 1 is 1.23 bits per heavy atom.